The molecule has 2 aliphatic rings. The van der Waals surface area contributed by atoms with E-state index in [0.29, 0.717) is 0 Å². The Hall–Kier alpha value is -1.96. The topological polar surface area (TPSA) is 18.5 Å². The van der Waals surface area contributed by atoms with Crippen LogP contribution in [0.3, 0.4) is 0 Å². The van der Waals surface area contributed by atoms with Crippen LogP contribution in [-0.4, -0.2) is 6.79 Å². The fourth-order valence-corrected chi connectivity index (χ4v) is 3.76. The summed E-state index contributed by atoms with van der Waals surface area (Å²) in [6.45, 7) is 0.275. The Labute approximate surface area is 138 Å². The summed E-state index contributed by atoms with van der Waals surface area (Å²) in [4.78, 5) is 0. The fourth-order valence-electron chi connectivity index (χ4n) is 3.76. The van der Waals surface area contributed by atoms with E-state index in [9.17, 15) is 0 Å². The third-order valence-electron chi connectivity index (χ3n) is 5.09. The lowest BCUT2D eigenvalue weighted by molar-refractivity contribution is 0.119. The van der Waals surface area contributed by atoms with Crippen molar-refractivity contribution in [3.63, 3.8) is 0 Å². The second-order valence-electron chi connectivity index (χ2n) is 6.68. The average molecular weight is 308 g/mol. The van der Waals surface area contributed by atoms with E-state index < -0.39 is 0 Å². The number of benzene rings is 2. The molecule has 2 nitrogen and oxygen atoms in total. The molecule has 0 atom stereocenters. The molecule has 23 heavy (non-hydrogen) atoms. The first-order valence-electron chi connectivity index (χ1n) is 8.88. The third-order valence-corrected chi connectivity index (χ3v) is 5.09. The second kappa shape index (κ2) is 6.66. The number of hydrogen-bond donors (Lipinski definition) is 0. The minimum absolute atomic E-state index is 0.275. The molecule has 0 amide bonds. The molecule has 0 radical (unpaired) electrons. The lowest BCUT2D eigenvalue weighted by Crippen LogP contribution is -2.09. The van der Waals surface area contributed by atoms with Gasteiger partial charge in [0.15, 0.2) is 0 Å². The largest absolute Gasteiger partial charge is 0.457 e. The standard InChI is InChI=1S/C21H24O2/c1-3-7-18-13-20(11-9-16(18)5-1)22-15-23-21-12-10-17-6-2-4-8-19(17)14-21/h9-14H,1-8,15H2. The number of hydrogen-bond acceptors (Lipinski definition) is 2. The van der Waals surface area contributed by atoms with Gasteiger partial charge in [0.05, 0.1) is 0 Å². The summed E-state index contributed by atoms with van der Waals surface area (Å²) >= 11 is 0. The van der Waals surface area contributed by atoms with Crippen molar-refractivity contribution in [1.29, 1.82) is 0 Å². The zero-order chi connectivity index (χ0) is 15.5. The molecule has 0 heterocycles. The summed E-state index contributed by atoms with van der Waals surface area (Å²) in [5, 5.41) is 0. The Morgan fingerprint density at radius 2 is 1.00 bits per heavy atom. The Morgan fingerprint density at radius 1 is 0.565 bits per heavy atom. The molecule has 0 saturated heterocycles. The quantitative estimate of drug-likeness (QED) is 0.751. The zero-order valence-electron chi connectivity index (χ0n) is 13.6. The van der Waals surface area contributed by atoms with Gasteiger partial charge in [-0.1, -0.05) is 12.1 Å². The average Bonchev–Trinajstić information content (AvgIpc) is 2.61. The fraction of sp³-hybridized carbons (Fsp3) is 0.429. The van der Waals surface area contributed by atoms with Crippen molar-refractivity contribution in [2.45, 2.75) is 51.4 Å². The minimum Gasteiger partial charge on any atom is -0.457 e. The van der Waals surface area contributed by atoms with Gasteiger partial charge in [0.1, 0.15) is 11.5 Å². The normalized spacial score (nSPS) is 16.3. The molecule has 2 aliphatic carbocycles. The first-order chi connectivity index (χ1) is 11.4. The summed E-state index contributed by atoms with van der Waals surface area (Å²) in [5.41, 5.74) is 5.86. The first-order valence-corrected chi connectivity index (χ1v) is 8.88. The molecule has 120 valence electrons. The molecule has 0 aliphatic heterocycles. The Balaban J connectivity index is 1.36. The number of ether oxygens (including phenoxy) is 2. The highest BCUT2D eigenvalue weighted by Gasteiger charge is 2.11. The monoisotopic (exact) mass is 308 g/mol. The lowest BCUT2D eigenvalue weighted by Gasteiger charge is -2.18. The van der Waals surface area contributed by atoms with Gasteiger partial charge >= 0.3 is 0 Å². The van der Waals surface area contributed by atoms with E-state index in [0.717, 1.165) is 11.5 Å². The molecule has 0 bridgehead atoms. The van der Waals surface area contributed by atoms with E-state index in [1.54, 1.807) is 0 Å². The van der Waals surface area contributed by atoms with E-state index >= 15 is 0 Å². The molecule has 0 spiro atoms. The van der Waals surface area contributed by atoms with E-state index in [4.69, 9.17) is 9.47 Å². The van der Waals surface area contributed by atoms with Gasteiger partial charge in [0, 0.05) is 0 Å². The summed E-state index contributed by atoms with van der Waals surface area (Å²) in [7, 11) is 0. The SMILES string of the molecule is c1cc2c(cc1OCOc1ccc3c(c1)CCCC3)CCCC2. The lowest BCUT2D eigenvalue weighted by atomic mass is 9.92. The highest BCUT2D eigenvalue weighted by atomic mass is 16.7. The van der Waals surface area contributed by atoms with Crippen molar-refractivity contribution >= 4 is 0 Å². The molecule has 0 aromatic heterocycles. The Morgan fingerprint density at radius 3 is 1.48 bits per heavy atom. The van der Waals surface area contributed by atoms with Crippen molar-refractivity contribution < 1.29 is 9.47 Å². The Bertz CT molecular complexity index is 631. The maximum Gasteiger partial charge on any atom is 0.230 e. The van der Waals surface area contributed by atoms with Gasteiger partial charge in [-0.05, 0) is 97.9 Å². The summed E-state index contributed by atoms with van der Waals surface area (Å²) in [6, 6.07) is 12.9. The highest BCUT2D eigenvalue weighted by molar-refractivity contribution is 5.38. The third kappa shape index (κ3) is 3.36. The molecular formula is C21H24O2. The number of fused-ring (bicyclic) bond motifs is 2. The summed E-state index contributed by atoms with van der Waals surface area (Å²) < 4.78 is 11.6. The van der Waals surface area contributed by atoms with Crippen LogP contribution >= 0.6 is 0 Å². The number of rotatable bonds is 4. The highest BCUT2D eigenvalue weighted by Crippen LogP contribution is 2.27. The van der Waals surface area contributed by atoms with E-state index in [-0.39, 0.29) is 6.79 Å². The first kappa shape index (κ1) is 14.6. The van der Waals surface area contributed by atoms with Gasteiger partial charge in [-0.2, -0.15) is 0 Å². The van der Waals surface area contributed by atoms with Gasteiger partial charge in [-0.15, -0.1) is 0 Å². The van der Waals surface area contributed by atoms with Crippen LogP contribution in [0.2, 0.25) is 0 Å². The molecule has 0 saturated carbocycles. The molecule has 2 aromatic rings. The van der Waals surface area contributed by atoms with Gasteiger partial charge in [0.25, 0.3) is 0 Å². The molecule has 0 unspecified atom stereocenters. The van der Waals surface area contributed by atoms with Crippen LogP contribution in [0.5, 0.6) is 11.5 Å². The maximum atomic E-state index is 5.80. The number of aryl methyl sites for hydroxylation is 4. The van der Waals surface area contributed by atoms with Crippen LogP contribution in [0.15, 0.2) is 36.4 Å². The van der Waals surface area contributed by atoms with E-state index in [1.807, 2.05) is 0 Å². The van der Waals surface area contributed by atoms with Crippen molar-refractivity contribution in [2.75, 3.05) is 6.79 Å². The predicted octanol–water partition coefficient (Wildman–Crippen LogP) is 4.86. The predicted molar refractivity (Wildman–Crippen MR) is 92.3 cm³/mol. The van der Waals surface area contributed by atoms with E-state index in [1.165, 1.54) is 73.6 Å². The van der Waals surface area contributed by atoms with Crippen molar-refractivity contribution in [1.82, 2.24) is 0 Å². The summed E-state index contributed by atoms with van der Waals surface area (Å²) in [6.07, 6.45) is 9.99. The molecule has 0 fully saturated rings. The minimum atomic E-state index is 0.275. The van der Waals surface area contributed by atoms with Crippen LogP contribution in [0.25, 0.3) is 0 Å². The van der Waals surface area contributed by atoms with Crippen LogP contribution < -0.4 is 9.47 Å². The van der Waals surface area contributed by atoms with Crippen LogP contribution in [0.4, 0.5) is 0 Å². The van der Waals surface area contributed by atoms with Crippen LogP contribution in [-0.2, 0) is 25.7 Å². The van der Waals surface area contributed by atoms with Crippen LogP contribution in [0.1, 0.15) is 47.9 Å². The zero-order valence-corrected chi connectivity index (χ0v) is 13.6. The smallest absolute Gasteiger partial charge is 0.230 e. The molecule has 2 aromatic carbocycles. The Kier molecular flexibility index (Phi) is 4.23. The molecule has 2 heteroatoms. The van der Waals surface area contributed by atoms with Gasteiger partial charge < -0.3 is 9.47 Å². The van der Waals surface area contributed by atoms with Crippen molar-refractivity contribution in [3.8, 4) is 11.5 Å². The maximum absolute atomic E-state index is 5.80. The van der Waals surface area contributed by atoms with E-state index in [2.05, 4.69) is 36.4 Å². The molecular weight excluding hydrogens is 284 g/mol. The molecule has 4 rings (SSSR count). The summed E-state index contributed by atoms with van der Waals surface area (Å²) in [5.74, 6) is 1.84. The second-order valence-corrected chi connectivity index (χ2v) is 6.68. The van der Waals surface area contributed by atoms with Gasteiger partial charge in [-0.3, -0.25) is 0 Å². The van der Waals surface area contributed by atoms with Crippen molar-refractivity contribution in [3.05, 3.63) is 58.7 Å². The van der Waals surface area contributed by atoms with Crippen LogP contribution in [0, 0.1) is 0 Å². The van der Waals surface area contributed by atoms with Gasteiger partial charge in [-0.25, -0.2) is 0 Å². The van der Waals surface area contributed by atoms with Crippen molar-refractivity contribution in [2.24, 2.45) is 0 Å². The van der Waals surface area contributed by atoms with Gasteiger partial charge in [0.2, 0.25) is 6.79 Å². The molecule has 0 N–H and O–H groups in total.